The van der Waals surface area contributed by atoms with Gasteiger partial charge in [0.1, 0.15) is 0 Å². The quantitative estimate of drug-likeness (QED) is 0.476. The number of hydrogen-bond donors (Lipinski definition) is 0. The van der Waals surface area contributed by atoms with E-state index in [0.29, 0.717) is 0 Å². The van der Waals surface area contributed by atoms with Crippen molar-refractivity contribution in [2.24, 2.45) is 11.3 Å². The smallest absolute Gasteiger partial charge is 0.312 e. The van der Waals surface area contributed by atoms with Crippen LogP contribution in [0, 0.1) is 11.3 Å². The van der Waals surface area contributed by atoms with E-state index in [1.165, 1.54) is 18.3 Å². The summed E-state index contributed by atoms with van der Waals surface area (Å²) in [6.07, 6.45) is 1.94. The zero-order valence-electron chi connectivity index (χ0n) is 9.81. The van der Waals surface area contributed by atoms with Crippen LogP contribution in [0.15, 0.2) is 11.1 Å². The van der Waals surface area contributed by atoms with Crippen LogP contribution in [0.5, 0.6) is 0 Å². The highest BCUT2D eigenvalue weighted by atomic mass is 16.5. The lowest BCUT2D eigenvalue weighted by Crippen LogP contribution is -2.16. The fraction of sp³-hybridized carbons (Fsp3) is 0.750. The van der Waals surface area contributed by atoms with E-state index in [2.05, 4.69) is 27.7 Å². The molecule has 0 heterocycles. The number of allylic oxidation sites excluding steroid dienone is 1. The van der Waals surface area contributed by atoms with E-state index in [9.17, 15) is 4.79 Å². The fourth-order valence-electron chi connectivity index (χ4n) is 2.28. The molecule has 0 N–H and O–H groups in total. The highest BCUT2D eigenvalue weighted by Crippen LogP contribution is 2.46. The van der Waals surface area contributed by atoms with Crippen molar-refractivity contribution in [1.82, 2.24) is 0 Å². The molecule has 0 radical (unpaired) electrons. The maximum absolute atomic E-state index is 11.6. The zero-order valence-corrected chi connectivity index (χ0v) is 9.81. The van der Waals surface area contributed by atoms with E-state index in [-0.39, 0.29) is 17.3 Å². The van der Waals surface area contributed by atoms with Gasteiger partial charge in [-0.1, -0.05) is 25.0 Å². The van der Waals surface area contributed by atoms with Gasteiger partial charge in [0.2, 0.25) is 0 Å². The van der Waals surface area contributed by atoms with Crippen molar-refractivity contribution >= 4 is 5.97 Å². The number of carbonyl (C=O) groups excluding carboxylic acids is 1. The van der Waals surface area contributed by atoms with Gasteiger partial charge in [0, 0.05) is 0 Å². The highest BCUT2D eigenvalue weighted by molar-refractivity contribution is 5.76. The first kappa shape index (κ1) is 11.3. The average Bonchev–Trinajstić information content (AvgIpc) is 2.40. The average molecular weight is 196 g/mol. The molecule has 0 aromatic rings. The third-order valence-corrected chi connectivity index (χ3v) is 2.97. The van der Waals surface area contributed by atoms with Crippen LogP contribution >= 0.6 is 0 Å². The SMILES string of the molecule is COC(=O)[C@H]1CC(C)(C)CC1=C(C)C. The summed E-state index contributed by atoms with van der Waals surface area (Å²) in [6.45, 7) is 8.57. The summed E-state index contributed by atoms with van der Waals surface area (Å²) in [5, 5.41) is 0. The standard InChI is InChI=1S/C12H20O2/c1-8(2)9-6-12(3,4)7-10(9)11(13)14-5/h10H,6-7H2,1-5H3/t10-/m0/s1. The molecule has 2 heteroatoms. The maximum atomic E-state index is 11.6. The molecule has 1 aliphatic carbocycles. The van der Waals surface area contributed by atoms with Crippen molar-refractivity contribution < 1.29 is 9.53 Å². The Morgan fingerprint density at radius 3 is 2.43 bits per heavy atom. The second-order valence-corrected chi connectivity index (χ2v) is 5.15. The number of ether oxygens (including phenoxy) is 1. The molecule has 0 amide bonds. The number of rotatable bonds is 1. The number of methoxy groups -OCH3 is 1. The molecular formula is C12H20O2. The van der Waals surface area contributed by atoms with Crippen molar-refractivity contribution in [3.63, 3.8) is 0 Å². The lowest BCUT2D eigenvalue weighted by atomic mass is 9.90. The number of carbonyl (C=O) groups is 1. The van der Waals surface area contributed by atoms with Gasteiger partial charge in [-0.2, -0.15) is 0 Å². The lowest BCUT2D eigenvalue weighted by Gasteiger charge is -2.15. The predicted octanol–water partition coefficient (Wildman–Crippen LogP) is 2.93. The Kier molecular flexibility index (Phi) is 3.03. The Bertz CT molecular complexity index is 270. The monoisotopic (exact) mass is 196 g/mol. The first-order chi connectivity index (χ1) is 6.37. The van der Waals surface area contributed by atoms with E-state index in [0.717, 1.165) is 12.8 Å². The third-order valence-electron chi connectivity index (χ3n) is 2.97. The van der Waals surface area contributed by atoms with Crippen LogP contribution in [0.2, 0.25) is 0 Å². The topological polar surface area (TPSA) is 26.3 Å². The van der Waals surface area contributed by atoms with E-state index in [1.54, 1.807) is 0 Å². The van der Waals surface area contributed by atoms with Gasteiger partial charge in [0.25, 0.3) is 0 Å². The van der Waals surface area contributed by atoms with Gasteiger partial charge in [0.05, 0.1) is 13.0 Å². The molecule has 0 spiro atoms. The Labute approximate surface area is 86.3 Å². The summed E-state index contributed by atoms with van der Waals surface area (Å²) in [6, 6.07) is 0. The Morgan fingerprint density at radius 2 is 2.00 bits per heavy atom. The third kappa shape index (κ3) is 2.17. The molecule has 0 saturated heterocycles. The van der Waals surface area contributed by atoms with Gasteiger partial charge in [-0.3, -0.25) is 4.79 Å². The Hall–Kier alpha value is -0.790. The molecule has 1 saturated carbocycles. The van der Waals surface area contributed by atoms with Gasteiger partial charge in [0.15, 0.2) is 0 Å². The minimum absolute atomic E-state index is 0.000000000000000444. The van der Waals surface area contributed by atoms with E-state index in [1.807, 2.05) is 0 Å². The van der Waals surface area contributed by atoms with Gasteiger partial charge >= 0.3 is 5.97 Å². The first-order valence-corrected chi connectivity index (χ1v) is 5.11. The summed E-state index contributed by atoms with van der Waals surface area (Å²) in [5.74, 6) is -0.0771. The van der Waals surface area contributed by atoms with Crippen LogP contribution in [-0.2, 0) is 9.53 Å². The Morgan fingerprint density at radius 1 is 1.43 bits per heavy atom. The van der Waals surface area contributed by atoms with Gasteiger partial charge in [-0.05, 0) is 32.1 Å². The van der Waals surface area contributed by atoms with Crippen LogP contribution in [0.1, 0.15) is 40.5 Å². The minimum atomic E-state index is -0.0771. The van der Waals surface area contributed by atoms with Gasteiger partial charge in [-0.25, -0.2) is 0 Å². The molecule has 0 bridgehead atoms. The van der Waals surface area contributed by atoms with Crippen LogP contribution in [0.25, 0.3) is 0 Å². The molecule has 1 rings (SSSR count). The predicted molar refractivity (Wildman–Crippen MR) is 56.9 cm³/mol. The molecule has 0 aromatic carbocycles. The van der Waals surface area contributed by atoms with Crippen LogP contribution in [0.3, 0.4) is 0 Å². The fourth-order valence-corrected chi connectivity index (χ4v) is 2.28. The summed E-state index contributed by atoms with van der Waals surface area (Å²) < 4.78 is 4.83. The molecule has 14 heavy (non-hydrogen) atoms. The zero-order chi connectivity index (χ0) is 10.9. The molecule has 1 fully saturated rings. The largest absolute Gasteiger partial charge is 0.469 e. The highest BCUT2D eigenvalue weighted by Gasteiger charge is 2.39. The Balaban J connectivity index is 2.95. The van der Waals surface area contributed by atoms with E-state index >= 15 is 0 Å². The molecule has 80 valence electrons. The van der Waals surface area contributed by atoms with Crippen molar-refractivity contribution in [3.8, 4) is 0 Å². The van der Waals surface area contributed by atoms with Crippen LogP contribution in [0.4, 0.5) is 0 Å². The normalized spacial score (nSPS) is 24.9. The second kappa shape index (κ2) is 3.76. The summed E-state index contributed by atoms with van der Waals surface area (Å²) in [5.41, 5.74) is 2.79. The van der Waals surface area contributed by atoms with Gasteiger partial charge < -0.3 is 4.74 Å². The van der Waals surface area contributed by atoms with Crippen LogP contribution in [-0.4, -0.2) is 13.1 Å². The van der Waals surface area contributed by atoms with Crippen molar-refractivity contribution in [2.75, 3.05) is 7.11 Å². The van der Waals surface area contributed by atoms with Crippen molar-refractivity contribution in [1.29, 1.82) is 0 Å². The second-order valence-electron chi connectivity index (χ2n) is 5.15. The molecule has 1 aliphatic rings. The van der Waals surface area contributed by atoms with Crippen molar-refractivity contribution in [3.05, 3.63) is 11.1 Å². The lowest BCUT2D eigenvalue weighted by molar-refractivity contribution is -0.144. The van der Waals surface area contributed by atoms with Crippen LogP contribution < -0.4 is 0 Å². The van der Waals surface area contributed by atoms with E-state index in [4.69, 9.17) is 4.74 Å². The maximum Gasteiger partial charge on any atom is 0.312 e. The van der Waals surface area contributed by atoms with Crippen molar-refractivity contribution in [2.45, 2.75) is 40.5 Å². The summed E-state index contributed by atoms with van der Waals surface area (Å²) in [4.78, 5) is 11.6. The molecule has 1 atom stereocenters. The molecule has 0 aromatic heterocycles. The molecule has 0 unspecified atom stereocenters. The number of hydrogen-bond acceptors (Lipinski definition) is 2. The molecule has 0 aliphatic heterocycles. The van der Waals surface area contributed by atoms with Gasteiger partial charge in [-0.15, -0.1) is 0 Å². The minimum Gasteiger partial charge on any atom is -0.469 e. The number of esters is 1. The van der Waals surface area contributed by atoms with E-state index < -0.39 is 0 Å². The first-order valence-electron chi connectivity index (χ1n) is 5.11. The molecular weight excluding hydrogens is 176 g/mol. The summed E-state index contributed by atoms with van der Waals surface area (Å²) in [7, 11) is 1.47. The molecule has 2 nitrogen and oxygen atoms in total. The summed E-state index contributed by atoms with van der Waals surface area (Å²) >= 11 is 0.